The molecule has 1 aliphatic rings. The van der Waals surface area contributed by atoms with Gasteiger partial charge < -0.3 is 4.57 Å². The minimum absolute atomic E-state index is 0.142. The van der Waals surface area contributed by atoms with Gasteiger partial charge in [0.2, 0.25) is 10.0 Å². The van der Waals surface area contributed by atoms with Crippen molar-refractivity contribution >= 4 is 60.7 Å². The molecular formula is C26H21Cl2N3O3S2. The minimum Gasteiger partial charge on any atom is -0.311 e. The monoisotopic (exact) mass is 557 g/mol. The van der Waals surface area contributed by atoms with Crippen LogP contribution in [0.5, 0.6) is 0 Å². The maximum atomic E-state index is 13.2. The molecule has 1 aliphatic heterocycles. The molecule has 0 saturated heterocycles. The fourth-order valence-corrected chi connectivity index (χ4v) is 7.17. The average molecular weight is 559 g/mol. The van der Waals surface area contributed by atoms with Crippen molar-refractivity contribution in [3.63, 3.8) is 0 Å². The maximum Gasteiger partial charge on any atom is 0.279 e. The van der Waals surface area contributed by atoms with Crippen LogP contribution in [0.4, 0.5) is 0 Å². The Morgan fingerprint density at radius 3 is 2.50 bits per heavy atom. The van der Waals surface area contributed by atoms with Crippen molar-refractivity contribution in [3.05, 3.63) is 105 Å². The molecule has 5 rings (SSSR count). The molecule has 0 fully saturated rings. The van der Waals surface area contributed by atoms with Gasteiger partial charge >= 0.3 is 0 Å². The third-order valence-electron chi connectivity index (χ3n) is 6.08. The second kappa shape index (κ2) is 9.95. The van der Waals surface area contributed by atoms with Gasteiger partial charge in [-0.1, -0.05) is 64.9 Å². The predicted octanol–water partition coefficient (Wildman–Crippen LogP) is 5.68. The van der Waals surface area contributed by atoms with Crippen LogP contribution in [0, 0.1) is 0 Å². The molecule has 0 aliphatic carbocycles. The lowest BCUT2D eigenvalue weighted by Crippen LogP contribution is -2.35. The van der Waals surface area contributed by atoms with E-state index in [2.05, 4.69) is 11.6 Å². The molecule has 1 aromatic heterocycles. The molecule has 0 spiro atoms. The number of hydrogen-bond acceptors (Lipinski definition) is 4. The Morgan fingerprint density at radius 2 is 1.78 bits per heavy atom. The van der Waals surface area contributed by atoms with Gasteiger partial charge in [-0.3, -0.25) is 4.79 Å². The molecule has 10 heteroatoms. The number of nitrogens with zero attached hydrogens (tertiary/aromatic N) is 3. The Kier molecular flexibility index (Phi) is 6.89. The van der Waals surface area contributed by atoms with Crippen LogP contribution in [0.3, 0.4) is 0 Å². The Labute approximate surface area is 222 Å². The van der Waals surface area contributed by atoms with Crippen LogP contribution in [-0.2, 0) is 29.5 Å². The molecule has 0 radical (unpaired) electrons. The van der Waals surface area contributed by atoms with Crippen LogP contribution in [0.25, 0.3) is 10.2 Å². The molecule has 0 saturated carbocycles. The van der Waals surface area contributed by atoms with Gasteiger partial charge in [-0.15, -0.1) is 6.58 Å². The van der Waals surface area contributed by atoms with Crippen LogP contribution >= 0.6 is 34.5 Å². The lowest BCUT2D eigenvalue weighted by Gasteiger charge is -2.28. The molecule has 1 amide bonds. The van der Waals surface area contributed by atoms with E-state index in [4.69, 9.17) is 23.2 Å². The van der Waals surface area contributed by atoms with Crippen LogP contribution < -0.4 is 4.80 Å². The summed E-state index contributed by atoms with van der Waals surface area (Å²) in [5.41, 5.74) is 3.15. The van der Waals surface area contributed by atoms with E-state index in [0.29, 0.717) is 46.4 Å². The van der Waals surface area contributed by atoms with E-state index in [1.807, 2.05) is 30.3 Å². The van der Waals surface area contributed by atoms with Crippen molar-refractivity contribution < 1.29 is 13.2 Å². The summed E-state index contributed by atoms with van der Waals surface area (Å²) in [6.07, 6.45) is 2.35. The molecule has 0 bridgehead atoms. The highest BCUT2D eigenvalue weighted by atomic mass is 35.5. The third-order valence-corrected chi connectivity index (χ3v) is 9.77. The first-order valence-corrected chi connectivity index (χ1v) is 14.1. The summed E-state index contributed by atoms with van der Waals surface area (Å²) in [6, 6.07) is 17.3. The van der Waals surface area contributed by atoms with Gasteiger partial charge in [0.05, 0.1) is 25.2 Å². The average Bonchev–Trinajstić information content (AvgIpc) is 3.23. The molecule has 0 atom stereocenters. The molecule has 3 aromatic carbocycles. The van der Waals surface area contributed by atoms with Crippen molar-refractivity contribution in [3.8, 4) is 0 Å². The Bertz CT molecular complexity index is 1670. The van der Waals surface area contributed by atoms with E-state index < -0.39 is 15.9 Å². The standard InChI is InChI=1S/C26H21Cl2N3O3S2/c1-2-14-31-24-22(12-11-21(27)23(24)28)35-26(31)29-25(32)18-7-9-20(10-8-18)36(33,34)30-15-13-17-5-3-4-6-19(17)16-30/h2-12H,1,13-16H2. The zero-order chi connectivity index (χ0) is 25.4. The topological polar surface area (TPSA) is 71.7 Å². The number of carbonyl (C=O) groups excluding carboxylic acids is 1. The Hall–Kier alpha value is -2.75. The largest absolute Gasteiger partial charge is 0.311 e. The van der Waals surface area contributed by atoms with Crippen molar-refractivity contribution in [2.45, 2.75) is 24.4 Å². The zero-order valence-electron chi connectivity index (χ0n) is 19.0. The van der Waals surface area contributed by atoms with Gasteiger partial charge in [0.25, 0.3) is 5.91 Å². The fourth-order valence-electron chi connectivity index (χ4n) is 4.23. The second-order valence-electron chi connectivity index (χ2n) is 8.29. The maximum absolute atomic E-state index is 13.2. The first-order valence-electron chi connectivity index (χ1n) is 11.1. The van der Waals surface area contributed by atoms with Gasteiger partial charge in [0, 0.05) is 25.2 Å². The number of hydrogen-bond donors (Lipinski definition) is 0. The highest BCUT2D eigenvalue weighted by Gasteiger charge is 2.28. The predicted molar refractivity (Wildman–Crippen MR) is 144 cm³/mol. The van der Waals surface area contributed by atoms with E-state index in [0.717, 1.165) is 10.3 Å². The number of benzene rings is 3. The number of carbonyl (C=O) groups is 1. The first kappa shape index (κ1) is 24.9. The number of amides is 1. The van der Waals surface area contributed by atoms with Crippen molar-refractivity contribution in [2.75, 3.05) is 6.54 Å². The van der Waals surface area contributed by atoms with Crippen LogP contribution in [0.2, 0.25) is 10.0 Å². The highest BCUT2D eigenvalue weighted by molar-refractivity contribution is 7.89. The summed E-state index contributed by atoms with van der Waals surface area (Å²) in [5, 5.41) is 0.794. The number of sulfonamides is 1. The molecule has 36 heavy (non-hydrogen) atoms. The molecule has 184 valence electrons. The second-order valence-corrected chi connectivity index (χ2v) is 12.0. The van der Waals surface area contributed by atoms with E-state index in [9.17, 15) is 13.2 Å². The summed E-state index contributed by atoms with van der Waals surface area (Å²) in [7, 11) is -3.70. The minimum atomic E-state index is -3.70. The fraction of sp³-hybridized carbons (Fsp3) is 0.154. The lowest BCUT2D eigenvalue weighted by atomic mass is 10.0. The summed E-state index contributed by atoms with van der Waals surface area (Å²) in [5.74, 6) is -0.488. The normalized spacial score (nSPS) is 14.7. The summed E-state index contributed by atoms with van der Waals surface area (Å²) < 4.78 is 30.5. The van der Waals surface area contributed by atoms with Crippen LogP contribution in [0.15, 0.2) is 83.2 Å². The quantitative estimate of drug-likeness (QED) is 0.296. The third kappa shape index (κ3) is 4.55. The number of rotatable bonds is 5. The summed E-state index contributed by atoms with van der Waals surface area (Å²) in [4.78, 5) is 17.9. The van der Waals surface area contributed by atoms with Gasteiger partial charge in [-0.25, -0.2) is 8.42 Å². The summed E-state index contributed by atoms with van der Waals surface area (Å²) in [6.45, 7) is 4.91. The van der Waals surface area contributed by atoms with Crippen LogP contribution in [0.1, 0.15) is 21.5 Å². The van der Waals surface area contributed by atoms with Crippen molar-refractivity contribution in [1.82, 2.24) is 8.87 Å². The van der Waals surface area contributed by atoms with E-state index in [1.54, 1.807) is 16.7 Å². The van der Waals surface area contributed by atoms with Gasteiger partial charge in [-0.05, 0) is 53.9 Å². The van der Waals surface area contributed by atoms with Crippen molar-refractivity contribution in [1.29, 1.82) is 0 Å². The molecular weight excluding hydrogens is 537 g/mol. The molecule has 2 heterocycles. The Morgan fingerprint density at radius 1 is 1.06 bits per heavy atom. The summed E-state index contributed by atoms with van der Waals surface area (Å²) >= 11 is 13.9. The number of fused-ring (bicyclic) bond motifs is 2. The number of aromatic nitrogens is 1. The van der Waals surface area contributed by atoms with Gasteiger partial charge in [0.1, 0.15) is 0 Å². The lowest BCUT2D eigenvalue weighted by molar-refractivity contribution is 0.0997. The highest BCUT2D eigenvalue weighted by Crippen LogP contribution is 2.32. The molecule has 4 aromatic rings. The van der Waals surface area contributed by atoms with Crippen LogP contribution in [-0.4, -0.2) is 29.7 Å². The zero-order valence-corrected chi connectivity index (χ0v) is 22.2. The van der Waals surface area contributed by atoms with Gasteiger partial charge in [-0.2, -0.15) is 9.30 Å². The van der Waals surface area contributed by atoms with Crippen molar-refractivity contribution in [2.24, 2.45) is 4.99 Å². The molecule has 0 unspecified atom stereocenters. The smallest absolute Gasteiger partial charge is 0.279 e. The van der Waals surface area contributed by atoms with E-state index >= 15 is 0 Å². The molecule has 0 N–H and O–H groups in total. The number of allylic oxidation sites excluding steroid dienone is 1. The van der Waals surface area contributed by atoms with Gasteiger partial charge in [0.15, 0.2) is 4.80 Å². The number of halogens is 2. The Balaban J connectivity index is 1.44. The molecule has 6 nitrogen and oxygen atoms in total. The first-order chi connectivity index (χ1) is 17.3. The van der Waals surface area contributed by atoms with E-state index in [1.165, 1.54) is 45.5 Å². The SMILES string of the molecule is C=CCn1c(=NC(=O)c2ccc(S(=O)(=O)N3CCc4ccccc4C3)cc2)sc2ccc(Cl)c(Cl)c21. The number of thiazole rings is 1. The van der Waals surface area contributed by atoms with E-state index in [-0.39, 0.29) is 10.5 Å².